The Morgan fingerprint density at radius 3 is 2.71 bits per heavy atom. The molecule has 1 heterocycles. The maximum absolute atomic E-state index is 11.8. The number of rotatable bonds is 6. The summed E-state index contributed by atoms with van der Waals surface area (Å²) in [6.45, 7) is 2.75. The van der Waals surface area contributed by atoms with Crippen LogP contribution >= 0.6 is 15.9 Å². The van der Waals surface area contributed by atoms with E-state index in [1.54, 1.807) is 0 Å². The van der Waals surface area contributed by atoms with Crippen LogP contribution in [0.3, 0.4) is 0 Å². The van der Waals surface area contributed by atoms with Crippen molar-refractivity contribution in [3.8, 4) is 0 Å². The first-order valence-corrected chi connectivity index (χ1v) is 8.97. The lowest BCUT2D eigenvalue weighted by atomic mass is 10.0. The molecule has 1 fully saturated rings. The van der Waals surface area contributed by atoms with Crippen molar-refractivity contribution < 1.29 is 13.2 Å². The largest absolute Gasteiger partial charge is 0.356 e. The van der Waals surface area contributed by atoms with Crippen LogP contribution in [0.4, 0.5) is 0 Å². The Balaban J connectivity index is 2.35. The molecule has 0 radical (unpaired) electrons. The molecule has 2 atom stereocenters. The molecule has 1 aliphatic rings. The van der Waals surface area contributed by atoms with Crippen molar-refractivity contribution >= 4 is 31.7 Å². The molecule has 1 N–H and O–H groups in total. The Morgan fingerprint density at radius 2 is 2.24 bits per heavy atom. The summed E-state index contributed by atoms with van der Waals surface area (Å²) < 4.78 is 22.5. The van der Waals surface area contributed by atoms with Crippen LogP contribution < -0.4 is 5.32 Å². The molecule has 6 heteroatoms. The van der Waals surface area contributed by atoms with Gasteiger partial charge in [-0.2, -0.15) is 0 Å². The van der Waals surface area contributed by atoms with E-state index < -0.39 is 9.84 Å². The van der Waals surface area contributed by atoms with Gasteiger partial charge in [0.2, 0.25) is 5.91 Å². The second kappa shape index (κ2) is 6.73. The molecule has 17 heavy (non-hydrogen) atoms. The van der Waals surface area contributed by atoms with Gasteiger partial charge in [0.15, 0.2) is 9.84 Å². The monoisotopic (exact) mass is 325 g/mol. The standard InChI is InChI=1S/C11H20BrNO3S/c1-2-9(3-5-12)7-13-11(14)10-4-6-17(15,16)8-10/h9-10H,2-8H2,1H3,(H,13,14). The zero-order valence-electron chi connectivity index (χ0n) is 10.1. The summed E-state index contributed by atoms with van der Waals surface area (Å²) >= 11 is 3.39. The van der Waals surface area contributed by atoms with Gasteiger partial charge in [-0.05, 0) is 18.8 Å². The summed E-state index contributed by atoms with van der Waals surface area (Å²) in [5.41, 5.74) is 0. The highest BCUT2D eigenvalue weighted by Crippen LogP contribution is 2.18. The number of carbonyl (C=O) groups excluding carboxylic acids is 1. The molecule has 0 aliphatic carbocycles. The van der Waals surface area contributed by atoms with Crippen molar-refractivity contribution in [1.82, 2.24) is 5.32 Å². The van der Waals surface area contributed by atoms with Gasteiger partial charge in [0.05, 0.1) is 17.4 Å². The SMILES string of the molecule is CCC(CCBr)CNC(=O)C1CCS(=O)(=O)C1. The number of hydrogen-bond acceptors (Lipinski definition) is 3. The number of carbonyl (C=O) groups is 1. The first kappa shape index (κ1) is 15.0. The quantitative estimate of drug-likeness (QED) is 0.750. The third-order valence-electron chi connectivity index (χ3n) is 3.26. The number of amides is 1. The average molecular weight is 326 g/mol. The third-order valence-corrected chi connectivity index (χ3v) is 5.49. The molecule has 0 spiro atoms. The van der Waals surface area contributed by atoms with E-state index >= 15 is 0 Å². The van der Waals surface area contributed by atoms with Crippen molar-refractivity contribution in [2.45, 2.75) is 26.2 Å². The fourth-order valence-corrected chi connectivity index (χ4v) is 4.38. The van der Waals surface area contributed by atoms with Gasteiger partial charge in [0.25, 0.3) is 0 Å². The first-order valence-electron chi connectivity index (χ1n) is 6.02. The molecule has 0 bridgehead atoms. The van der Waals surface area contributed by atoms with Gasteiger partial charge in [-0.15, -0.1) is 0 Å². The summed E-state index contributed by atoms with van der Waals surface area (Å²) in [6.07, 6.45) is 2.53. The van der Waals surface area contributed by atoms with E-state index in [9.17, 15) is 13.2 Å². The average Bonchev–Trinajstić information content (AvgIpc) is 2.64. The van der Waals surface area contributed by atoms with E-state index in [4.69, 9.17) is 0 Å². The highest BCUT2D eigenvalue weighted by molar-refractivity contribution is 9.09. The fourth-order valence-electron chi connectivity index (χ4n) is 2.00. The van der Waals surface area contributed by atoms with E-state index in [1.165, 1.54) is 0 Å². The van der Waals surface area contributed by atoms with Gasteiger partial charge < -0.3 is 5.32 Å². The van der Waals surface area contributed by atoms with Crippen molar-refractivity contribution in [1.29, 1.82) is 0 Å². The Hall–Kier alpha value is -0.100. The van der Waals surface area contributed by atoms with Crippen LogP contribution in [0.5, 0.6) is 0 Å². The molecule has 1 amide bonds. The van der Waals surface area contributed by atoms with E-state index in [2.05, 4.69) is 28.2 Å². The molecule has 0 aromatic carbocycles. The summed E-state index contributed by atoms with van der Waals surface area (Å²) in [7, 11) is -2.96. The molecule has 4 nitrogen and oxygen atoms in total. The van der Waals surface area contributed by atoms with Crippen LogP contribution in [0.15, 0.2) is 0 Å². The Morgan fingerprint density at radius 1 is 1.53 bits per heavy atom. The number of hydrogen-bond donors (Lipinski definition) is 1. The predicted molar refractivity (Wildman–Crippen MR) is 72.0 cm³/mol. The van der Waals surface area contributed by atoms with Gasteiger partial charge >= 0.3 is 0 Å². The second-order valence-corrected chi connectivity index (χ2v) is 7.62. The van der Waals surface area contributed by atoms with Crippen LogP contribution in [0.1, 0.15) is 26.2 Å². The molecular formula is C11H20BrNO3S. The Bertz CT molecular complexity index is 356. The number of nitrogens with one attached hydrogen (secondary N) is 1. The first-order chi connectivity index (χ1) is 7.98. The Labute approximate surface area is 112 Å². The van der Waals surface area contributed by atoms with Crippen molar-refractivity contribution in [2.75, 3.05) is 23.4 Å². The highest BCUT2D eigenvalue weighted by atomic mass is 79.9. The maximum Gasteiger partial charge on any atom is 0.224 e. The molecule has 1 aliphatic heterocycles. The number of alkyl halides is 1. The number of halogens is 1. The van der Waals surface area contributed by atoms with Gasteiger partial charge in [-0.1, -0.05) is 29.3 Å². The molecular weight excluding hydrogens is 306 g/mol. The van der Waals surface area contributed by atoms with Crippen LogP contribution in [0.2, 0.25) is 0 Å². The van der Waals surface area contributed by atoms with Crippen molar-refractivity contribution in [2.24, 2.45) is 11.8 Å². The number of sulfone groups is 1. The third kappa shape index (κ3) is 4.95. The second-order valence-electron chi connectivity index (χ2n) is 4.60. The van der Waals surface area contributed by atoms with E-state index in [1.807, 2.05) is 0 Å². The maximum atomic E-state index is 11.8. The summed E-state index contributed by atoms with van der Waals surface area (Å²) in [5, 5.41) is 3.80. The van der Waals surface area contributed by atoms with Crippen molar-refractivity contribution in [3.63, 3.8) is 0 Å². The van der Waals surface area contributed by atoms with E-state index in [0.717, 1.165) is 18.2 Å². The van der Waals surface area contributed by atoms with E-state index in [-0.39, 0.29) is 23.3 Å². The topological polar surface area (TPSA) is 63.2 Å². The Kier molecular flexibility index (Phi) is 5.92. The van der Waals surface area contributed by atoms with Crippen LogP contribution in [0.25, 0.3) is 0 Å². The van der Waals surface area contributed by atoms with Gasteiger partial charge in [-0.3, -0.25) is 4.79 Å². The van der Waals surface area contributed by atoms with Crippen LogP contribution in [0, 0.1) is 11.8 Å². The lowest BCUT2D eigenvalue weighted by Gasteiger charge is -2.16. The van der Waals surface area contributed by atoms with Crippen LogP contribution in [-0.2, 0) is 14.6 Å². The van der Waals surface area contributed by atoms with Crippen LogP contribution in [-0.4, -0.2) is 37.7 Å². The summed E-state index contributed by atoms with van der Waals surface area (Å²) in [6, 6.07) is 0. The molecule has 100 valence electrons. The lowest BCUT2D eigenvalue weighted by molar-refractivity contribution is -0.124. The molecule has 0 saturated carbocycles. The smallest absolute Gasteiger partial charge is 0.224 e. The normalized spacial score (nSPS) is 24.5. The minimum Gasteiger partial charge on any atom is -0.356 e. The molecule has 0 aromatic rings. The minimum atomic E-state index is -2.96. The summed E-state index contributed by atoms with van der Waals surface area (Å²) in [4.78, 5) is 11.8. The zero-order chi connectivity index (χ0) is 12.9. The van der Waals surface area contributed by atoms with Gasteiger partial charge in [0.1, 0.15) is 0 Å². The van der Waals surface area contributed by atoms with Crippen molar-refractivity contribution in [3.05, 3.63) is 0 Å². The summed E-state index contributed by atoms with van der Waals surface area (Å²) in [5.74, 6) is 0.217. The zero-order valence-corrected chi connectivity index (χ0v) is 12.5. The molecule has 1 saturated heterocycles. The lowest BCUT2D eigenvalue weighted by Crippen LogP contribution is -2.35. The van der Waals surface area contributed by atoms with Gasteiger partial charge in [0, 0.05) is 11.9 Å². The predicted octanol–water partition coefficient (Wildman–Crippen LogP) is 1.35. The van der Waals surface area contributed by atoms with Gasteiger partial charge in [-0.25, -0.2) is 8.42 Å². The molecule has 2 unspecified atom stereocenters. The molecule has 0 aromatic heterocycles. The van der Waals surface area contributed by atoms with E-state index in [0.29, 0.717) is 18.9 Å². The fraction of sp³-hybridized carbons (Fsp3) is 0.909. The highest BCUT2D eigenvalue weighted by Gasteiger charge is 2.32. The molecule has 1 rings (SSSR count). The minimum absolute atomic E-state index is 0.0219.